The highest BCUT2D eigenvalue weighted by atomic mass is 32.2. The lowest BCUT2D eigenvalue weighted by atomic mass is 10.0. The molecule has 2 N–H and O–H groups in total. The van der Waals surface area contributed by atoms with Crippen molar-refractivity contribution in [2.24, 2.45) is 5.73 Å². The molecule has 0 amide bonds. The van der Waals surface area contributed by atoms with E-state index in [0.717, 1.165) is 12.8 Å². The van der Waals surface area contributed by atoms with Crippen molar-refractivity contribution in [3.05, 3.63) is 0 Å². The zero-order chi connectivity index (χ0) is 12.6. The summed E-state index contributed by atoms with van der Waals surface area (Å²) in [5.41, 5.74) is 5.97. The zero-order valence-corrected chi connectivity index (χ0v) is 11.4. The van der Waals surface area contributed by atoms with Gasteiger partial charge in [0.05, 0.1) is 11.9 Å². The molecule has 0 aromatic carbocycles. The Hall–Kier alpha value is -0.130. The van der Waals surface area contributed by atoms with Crippen LogP contribution in [-0.4, -0.2) is 39.2 Å². The summed E-state index contributed by atoms with van der Waals surface area (Å²) in [4.78, 5) is 0. The van der Waals surface area contributed by atoms with Crippen LogP contribution in [0.5, 0.6) is 0 Å². The van der Waals surface area contributed by atoms with Gasteiger partial charge in [0.15, 0.2) is 0 Å². The summed E-state index contributed by atoms with van der Waals surface area (Å²) in [5.74, 6) is 0.449. The Labute approximate surface area is 99.5 Å². The first-order chi connectivity index (χ1) is 7.46. The summed E-state index contributed by atoms with van der Waals surface area (Å²) in [6.07, 6.45) is 3.34. The van der Waals surface area contributed by atoms with E-state index in [2.05, 4.69) is 6.92 Å². The van der Waals surface area contributed by atoms with E-state index in [1.807, 2.05) is 0 Å². The zero-order valence-electron chi connectivity index (χ0n) is 10.6. The van der Waals surface area contributed by atoms with Gasteiger partial charge >= 0.3 is 0 Å². The van der Waals surface area contributed by atoms with Crippen molar-refractivity contribution < 1.29 is 13.2 Å². The highest BCUT2D eigenvalue weighted by Crippen LogP contribution is 2.10. The fraction of sp³-hybridized carbons (Fsp3) is 1.00. The van der Waals surface area contributed by atoms with Crippen LogP contribution in [0.1, 0.15) is 39.5 Å². The van der Waals surface area contributed by atoms with Crippen LogP contribution in [0.15, 0.2) is 0 Å². The van der Waals surface area contributed by atoms with Crippen LogP contribution in [0.3, 0.4) is 0 Å². The second-order valence-corrected chi connectivity index (χ2v) is 6.58. The Kier molecular flexibility index (Phi) is 7.97. The van der Waals surface area contributed by atoms with Gasteiger partial charge in [-0.3, -0.25) is 0 Å². The van der Waals surface area contributed by atoms with Crippen molar-refractivity contribution in [2.45, 2.75) is 51.7 Å². The van der Waals surface area contributed by atoms with Gasteiger partial charge in [-0.1, -0.05) is 20.3 Å². The summed E-state index contributed by atoms with van der Waals surface area (Å²) < 4.78 is 27.8. The van der Waals surface area contributed by atoms with Gasteiger partial charge in [0, 0.05) is 18.9 Å². The molecule has 0 heterocycles. The molecule has 0 spiro atoms. The molecule has 0 radical (unpaired) electrons. The lowest BCUT2D eigenvalue weighted by Crippen LogP contribution is -2.36. The fourth-order valence-electron chi connectivity index (χ4n) is 1.66. The molecule has 98 valence electrons. The summed E-state index contributed by atoms with van der Waals surface area (Å²) in [6.45, 7) is 3.75. The summed E-state index contributed by atoms with van der Waals surface area (Å²) >= 11 is 0. The van der Waals surface area contributed by atoms with Crippen LogP contribution in [0.2, 0.25) is 0 Å². The van der Waals surface area contributed by atoms with E-state index in [1.165, 1.54) is 0 Å². The Balaban J connectivity index is 3.92. The van der Waals surface area contributed by atoms with Gasteiger partial charge in [-0.05, 0) is 19.3 Å². The van der Waals surface area contributed by atoms with Crippen molar-refractivity contribution in [1.29, 1.82) is 0 Å². The molecule has 0 aliphatic carbocycles. The molecule has 4 nitrogen and oxygen atoms in total. The monoisotopic (exact) mass is 251 g/mol. The third-order valence-corrected chi connectivity index (χ3v) is 4.58. The van der Waals surface area contributed by atoms with Crippen molar-refractivity contribution in [1.82, 2.24) is 0 Å². The van der Waals surface area contributed by atoms with E-state index in [4.69, 9.17) is 10.5 Å². The highest BCUT2D eigenvalue weighted by molar-refractivity contribution is 7.91. The first-order valence-electron chi connectivity index (χ1n) is 5.95. The molecular weight excluding hydrogens is 226 g/mol. The summed E-state index contributed by atoms with van der Waals surface area (Å²) in [5, 5.41) is 0. The predicted molar refractivity (Wildman–Crippen MR) is 67.2 cm³/mol. The van der Waals surface area contributed by atoms with Crippen LogP contribution in [-0.2, 0) is 14.6 Å². The SMILES string of the molecule is CCCC(OC)C(N)CCCS(=O)(=O)CC. The molecule has 5 heteroatoms. The first-order valence-corrected chi connectivity index (χ1v) is 7.77. The van der Waals surface area contributed by atoms with Gasteiger partial charge in [0.1, 0.15) is 9.84 Å². The summed E-state index contributed by atoms with van der Waals surface area (Å²) in [6, 6.07) is -0.0583. The van der Waals surface area contributed by atoms with Crippen LogP contribution >= 0.6 is 0 Å². The third kappa shape index (κ3) is 6.45. The van der Waals surface area contributed by atoms with Gasteiger partial charge < -0.3 is 10.5 Å². The van der Waals surface area contributed by atoms with Crippen LogP contribution in [0.25, 0.3) is 0 Å². The maximum absolute atomic E-state index is 11.3. The van der Waals surface area contributed by atoms with Gasteiger partial charge in [-0.15, -0.1) is 0 Å². The second-order valence-electron chi connectivity index (χ2n) is 4.11. The van der Waals surface area contributed by atoms with E-state index in [9.17, 15) is 8.42 Å². The Bertz CT molecular complexity index is 264. The fourth-order valence-corrected chi connectivity index (χ4v) is 2.56. The molecule has 0 aliphatic heterocycles. The second kappa shape index (κ2) is 8.03. The quantitative estimate of drug-likeness (QED) is 0.671. The van der Waals surface area contributed by atoms with E-state index >= 15 is 0 Å². The lowest BCUT2D eigenvalue weighted by Gasteiger charge is -2.21. The average molecular weight is 251 g/mol. The third-order valence-electron chi connectivity index (χ3n) is 2.79. The van der Waals surface area contributed by atoms with Crippen LogP contribution < -0.4 is 5.73 Å². The molecular formula is C11H25NO3S. The van der Waals surface area contributed by atoms with E-state index in [-0.39, 0.29) is 23.7 Å². The molecule has 2 atom stereocenters. The minimum absolute atomic E-state index is 0.0503. The van der Waals surface area contributed by atoms with Crippen molar-refractivity contribution in [3.8, 4) is 0 Å². The minimum Gasteiger partial charge on any atom is -0.380 e. The maximum Gasteiger partial charge on any atom is 0.150 e. The molecule has 2 unspecified atom stereocenters. The van der Waals surface area contributed by atoms with Gasteiger partial charge in [-0.2, -0.15) is 0 Å². The molecule has 0 fully saturated rings. The number of sulfone groups is 1. The Morgan fingerprint density at radius 2 is 1.88 bits per heavy atom. The topological polar surface area (TPSA) is 69.4 Å². The standard InChI is InChI=1S/C11H25NO3S/c1-4-7-11(15-3)10(12)8-6-9-16(13,14)5-2/h10-11H,4-9,12H2,1-3H3. The molecule has 0 aromatic heterocycles. The molecule has 0 bridgehead atoms. The van der Waals surface area contributed by atoms with Gasteiger partial charge in [-0.25, -0.2) is 8.42 Å². The van der Waals surface area contributed by atoms with Crippen molar-refractivity contribution >= 4 is 9.84 Å². The molecule has 0 rings (SSSR count). The number of nitrogens with two attached hydrogens (primary N) is 1. The van der Waals surface area contributed by atoms with E-state index in [1.54, 1.807) is 14.0 Å². The normalized spacial score (nSPS) is 16.0. The number of hydrogen-bond acceptors (Lipinski definition) is 4. The van der Waals surface area contributed by atoms with E-state index < -0.39 is 9.84 Å². The summed E-state index contributed by atoms with van der Waals surface area (Å²) in [7, 11) is -1.20. The number of rotatable bonds is 9. The van der Waals surface area contributed by atoms with Crippen LogP contribution in [0.4, 0.5) is 0 Å². The van der Waals surface area contributed by atoms with Crippen LogP contribution in [0, 0.1) is 0 Å². The lowest BCUT2D eigenvalue weighted by molar-refractivity contribution is 0.0700. The van der Waals surface area contributed by atoms with Crippen molar-refractivity contribution in [2.75, 3.05) is 18.6 Å². The minimum atomic E-state index is -2.86. The van der Waals surface area contributed by atoms with Gasteiger partial charge in [0.25, 0.3) is 0 Å². The van der Waals surface area contributed by atoms with Gasteiger partial charge in [0.2, 0.25) is 0 Å². The average Bonchev–Trinajstić information content (AvgIpc) is 2.25. The number of hydrogen-bond donors (Lipinski definition) is 1. The molecule has 0 aromatic rings. The largest absolute Gasteiger partial charge is 0.380 e. The Morgan fingerprint density at radius 1 is 1.25 bits per heavy atom. The maximum atomic E-state index is 11.3. The Morgan fingerprint density at radius 3 is 2.31 bits per heavy atom. The molecule has 0 saturated heterocycles. The first kappa shape index (κ1) is 15.9. The molecule has 16 heavy (non-hydrogen) atoms. The predicted octanol–water partition coefficient (Wildman–Crippen LogP) is 1.34. The van der Waals surface area contributed by atoms with E-state index in [0.29, 0.717) is 12.8 Å². The molecule has 0 aliphatic rings. The highest BCUT2D eigenvalue weighted by Gasteiger charge is 2.17. The van der Waals surface area contributed by atoms with Crippen molar-refractivity contribution in [3.63, 3.8) is 0 Å². The number of ether oxygens (including phenoxy) is 1. The number of methoxy groups -OCH3 is 1. The smallest absolute Gasteiger partial charge is 0.150 e. The molecule has 0 saturated carbocycles.